The third-order valence-electron chi connectivity index (χ3n) is 6.84. The van der Waals surface area contributed by atoms with Crippen LogP contribution in [0.25, 0.3) is 0 Å². The maximum absolute atomic E-state index is 13.5. The van der Waals surface area contributed by atoms with Gasteiger partial charge in [-0.1, -0.05) is 27.2 Å². The van der Waals surface area contributed by atoms with Crippen molar-refractivity contribution in [2.24, 2.45) is 10.8 Å². The first-order valence-electron chi connectivity index (χ1n) is 11.7. The molecule has 1 saturated carbocycles. The van der Waals surface area contributed by atoms with Gasteiger partial charge in [0.05, 0.1) is 6.04 Å². The summed E-state index contributed by atoms with van der Waals surface area (Å²) in [5.41, 5.74) is -1.09. The molecule has 1 saturated heterocycles. The Morgan fingerprint density at radius 1 is 1.09 bits per heavy atom. The lowest BCUT2D eigenvalue weighted by molar-refractivity contribution is -0.144. The quantitative estimate of drug-likeness (QED) is 0.353. The molecule has 1 heterocycles. The van der Waals surface area contributed by atoms with Crippen LogP contribution in [0.15, 0.2) is 0 Å². The molecular weight excluding hydrogens is 466 g/mol. The largest absolute Gasteiger partial charge is 0.465 e. The molecule has 35 heavy (non-hydrogen) atoms. The summed E-state index contributed by atoms with van der Waals surface area (Å²) in [6.45, 7) is 6.01. The smallest absolute Gasteiger partial charge is 0.405 e. The SMILES string of the molecule is CNC(=O)C(=O)[C@H](CCC(C)(F)F)NC(=O)[C@@H]1CC2(CCC2)CN1C(=O)[C@@H](NC(=O)O)C(C)(C)C. The Morgan fingerprint density at radius 3 is 2.11 bits per heavy atom. The molecule has 198 valence electrons. The number of likely N-dealkylation sites (tertiary alicyclic amines) is 1. The van der Waals surface area contributed by atoms with Crippen LogP contribution in [0.5, 0.6) is 0 Å². The predicted octanol–water partition coefficient (Wildman–Crippen LogP) is 1.68. The molecule has 0 aromatic carbocycles. The summed E-state index contributed by atoms with van der Waals surface area (Å²) in [4.78, 5) is 63.9. The number of nitrogens with zero attached hydrogens (tertiary/aromatic N) is 1. The van der Waals surface area contributed by atoms with Crippen molar-refractivity contribution < 1.29 is 37.9 Å². The Bertz CT molecular complexity index is 863. The van der Waals surface area contributed by atoms with Crippen LogP contribution in [0, 0.1) is 10.8 Å². The number of hydrogen-bond acceptors (Lipinski definition) is 5. The number of halogens is 2. The molecule has 12 heteroatoms. The van der Waals surface area contributed by atoms with Crippen molar-refractivity contribution in [2.45, 2.75) is 90.3 Å². The van der Waals surface area contributed by atoms with E-state index in [2.05, 4.69) is 16.0 Å². The number of carboxylic acid groups (broad SMARTS) is 1. The maximum Gasteiger partial charge on any atom is 0.405 e. The van der Waals surface area contributed by atoms with E-state index in [-0.39, 0.29) is 12.0 Å². The Hall–Kier alpha value is -2.79. The zero-order chi connectivity index (χ0) is 26.8. The number of rotatable bonds is 9. The van der Waals surface area contributed by atoms with Gasteiger partial charge in [-0.25, -0.2) is 13.6 Å². The molecule has 0 bridgehead atoms. The highest BCUT2D eigenvalue weighted by atomic mass is 19.3. The molecule has 10 nitrogen and oxygen atoms in total. The number of ketones is 1. The molecule has 1 aliphatic carbocycles. The first-order valence-corrected chi connectivity index (χ1v) is 11.7. The van der Waals surface area contributed by atoms with Crippen molar-refractivity contribution in [3.8, 4) is 0 Å². The molecule has 2 aliphatic rings. The van der Waals surface area contributed by atoms with Crippen LogP contribution in [0.2, 0.25) is 0 Å². The van der Waals surface area contributed by atoms with E-state index in [9.17, 15) is 37.9 Å². The number of nitrogens with one attached hydrogen (secondary N) is 3. The van der Waals surface area contributed by atoms with Crippen molar-refractivity contribution in [1.29, 1.82) is 0 Å². The summed E-state index contributed by atoms with van der Waals surface area (Å²) in [5.74, 6) is -6.49. The molecule has 1 aliphatic heterocycles. The fourth-order valence-electron chi connectivity index (χ4n) is 4.72. The van der Waals surface area contributed by atoms with Crippen LogP contribution in [0.4, 0.5) is 13.6 Å². The minimum atomic E-state index is -3.11. The number of hydrogen-bond donors (Lipinski definition) is 4. The lowest BCUT2D eigenvalue weighted by atomic mass is 9.67. The van der Waals surface area contributed by atoms with Crippen LogP contribution < -0.4 is 16.0 Å². The first-order chi connectivity index (χ1) is 16.0. The van der Waals surface area contributed by atoms with E-state index in [1.807, 2.05) is 0 Å². The molecule has 0 radical (unpaired) electrons. The van der Waals surface area contributed by atoms with Crippen molar-refractivity contribution in [1.82, 2.24) is 20.9 Å². The van der Waals surface area contributed by atoms with Crippen molar-refractivity contribution >= 4 is 29.6 Å². The fraction of sp³-hybridized carbons (Fsp3) is 0.783. The summed E-state index contributed by atoms with van der Waals surface area (Å²) in [6, 6.07) is -3.64. The predicted molar refractivity (Wildman–Crippen MR) is 122 cm³/mol. The van der Waals surface area contributed by atoms with Crippen LogP contribution in [-0.2, 0) is 19.2 Å². The van der Waals surface area contributed by atoms with Gasteiger partial charge >= 0.3 is 6.09 Å². The molecule has 4 amide bonds. The standard InChI is InChI=1S/C23H36F2N4O6/c1-21(2,3)16(28-20(34)35)19(33)29-12-23(8-6-9-23)11-14(29)17(31)27-13(7-10-22(4,24)25)15(30)18(32)26-5/h13-14,16,28H,6-12H2,1-5H3,(H,26,32)(H,27,31)(H,34,35)/t13-,14-,16+/m0/s1. The number of carbonyl (C=O) groups is 5. The molecule has 4 N–H and O–H groups in total. The van der Waals surface area contributed by atoms with Crippen LogP contribution >= 0.6 is 0 Å². The third-order valence-corrected chi connectivity index (χ3v) is 6.84. The second-order valence-electron chi connectivity index (χ2n) is 10.9. The van der Waals surface area contributed by atoms with E-state index in [1.54, 1.807) is 20.8 Å². The number of likely N-dealkylation sites (N-methyl/N-ethyl adjacent to an activating group) is 1. The van der Waals surface area contributed by atoms with Crippen molar-refractivity contribution in [2.75, 3.05) is 13.6 Å². The molecule has 0 unspecified atom stereocenters. The maximum atomic E-state index is 13.5. The lowest BCUT2D eigenvalue weighted by Crippen LogP contribution is -2.59. The van der Waals surface area contributed by atoms with Crippen LogP contribution in [-0.4, -0.2) is 77.2 Å². The topological polar surface area (TPSA) is 145 Å². The van der Waals surface area contributed by atoms with Gasteiger partial charge in [-0.2, -0.15) is 0 Å². The summed E-state index contributed by atoms with van der Waals surface area (Å²) in [7, 11) is 1.22. The second kappa shape index (κ2) is 10.4. The van der Waals surface area contributed by atoms with Gasteiger partial charge in [0, 0.05) is 20.0 Å². The third kappa shape index (κ3) is 7.11. The van der Waals surface area contributed by atoms with Gasteiger partial charge in [-0.15, -0.1) is 0 Å². The highest BCUT2D eigenvalue weighted by Gasteiger charge is 2.53. The molecular formula is C23H36F2N4O6. The highest BCUT2D eigenvalue weighted by Crippen LogP contribution is 2.50. The van der Waals surface area contributed by atoms with Gasteiger partial charge in [0.15, 0.2) is 0 Å². The molecule has 2 rings (SSSR count). The Kier molecular flexibility index (Phi) is 8.49. The lowest BCUT2D eigenvalue weighted by Gasteiger charge is -2.39. The molecule has 0 aromatic rings. The van der Waals surface area contributed by atoms with E-state index in [0.29, 0.717) is 13.3 Å². The number of amides is 4. The minimum absolute atomic E-state index is 0.249. The molecule has 0 aromatic heterocycles. The second-order valence-corrected chi connectivity index (χ2v) is 10.9. The zero-order valence-corrected chi connectivity index (χ0v) is 20.9. The summed E-state index contributed by atoms with van der Waals surface area (Å²) in [5, 5.41) is 16.1. The van der Waals surface area contributed by atoms with Crippen molar-refractivity contribution in [3.63, 3.8) is 0 Å². The summed E-state index contributed by atoms with van der Waals surface area (Å²) >= 11 is 0. The number of alkyl halides is 2. The van der Waals surface area contributed by atoms with E-state index >= 15 is 0 Å². The monoisotopic (exact) mass is 502 g/mol. The molecule has 1 spiro atoms. The van der Waals surface area contributed by atoms with Gasteiger partial charge in [0.1, 0.15) is 12.1 Å². The van der Waals surface area contributed by atoms with Crippen molar-refractivity contribution in [3.05, 3.63) is 0 Å². The van der Waals surface area contributed by atoms with E-state index in [1.165, 1.54) is 11.9 Å². The summed E-state index contributed by atoms with van der Waals surface area (Å²) < 4.78 is 26.9. The first kappa shape index (κ1) is 28.4. The minimum Gasteiger partial charge on any atom is -0.465 e. The Labute approximate surface area is 203 Å². The van der Waals surface area contributed by atoms with Gasteiger partial charge in [0.25, 0.3) is 5.91 Å². The number of carbonyl (C=O) groups excluding carboxylic acids is 4. The number of Topliss-reactive ketones (excluding diaryl/α,β-unsaturated/α-hetero) is 1. The van der Waals surface area contributed by atoms with E-state index in [4.69, 9.17) is 0 Å². The Balaban J connectivity index is 2.31. The van der Waals surface area contributed by atoms with E-state index < -0.39 is 71.9 Å². The Morgan fingerprint density at radius 2 is 1.69 bits per heavy atom. The average Bonchev–Trinajstić information content (AvgIpc) is 3.13. The van der Waals surface area contributed by atoms with Gasteiger partial charge in [-0.3, -0.25) is 19.2 Å². The zero-order valence-electron chi connectivity index (χ0n) is 20.9. The average molecular weight is 503 g/mol. The van der Waals surface area contributed by atoms with Crippen LogP contribution in [0.3, 0.4) is 0 Å². The molecule has 3 atom stereocenters. The van der Waals surface area contributed by atoms with Gasteiger partial charge < -0.3 is 26.0 Å². The van der Waals surface area contributed by atoms with Gasteiger partial charge in [0.2, 0.25) is 23.5 Å². The summed E-state index contributed by atoms with van der Waals surface area (Å²) in [6.07, 6.45) is 0.236. The fourth-order valence-corrected chi connectivity index (χ4v) is 4.72. The highest BCUT2D eigenvalue weighted by molar-refractivity contribution is 6.38. The van der Waals surface area contributed by atoms with E-state index in [0.717, 1.165) is 19.3 Å². The normalized spacial score (nSPS) is 21.0. The van der Waals surface area contributed by atoms with Crippen LogP contribution in [0.1, 0.15) is 66.2 Å². The molecule has 2 fully saturated rings. The van der Waals surface area contributed by atoms with Gasteiger partial charge in [-0.05, 0) is 43.4 Å².